The molecule has 0 amide bonds. The zero-order chi connectivity index (χ0) is 5.70. The molecule has 4 heteroatoms. The maximum Gasteiger partial charge on any atom is 0.211 e. The molecular formula is C3H9NO3. The van der Waals surface area contributed by atoms with Gasteiger partial charge in [-0.15, -0.1) is 0 Å². The van der Waals surface area contributed by atoms with Crippen LogP contribution in [0.3, 0.4) is 0 Å². The molecule has 0 rings (SSSR count). The fourth-order valence-corrected chi connectivity index (χ4v) is 0.177. The Morgan fingerprint density at radius 3 is 2.29 bits per heavy atom. The Morgan fingerprint density at radius 2 is 2.14 bits per heavy atom. The number of nitrogens with one attached hydrogen (secondary N) is 1. The number of hydrogen-bond acceptors (Lipinski definition) is 3. The molecule has 44 valence electrons. The van der Waals surface area contributed by atoms with Crippen molar-refractivity contribution in [2.45, 2.75) is 0 Å². The third kappa shape index (κ3) is 3.68. The van der Waals surface area contributed by atoms with Gasteiger partial charge in [0.25, 0.3) is 0 Å². The molecule has 0 aliphatic carbocycles. The molecular weight excluding hydrogens is 98.0 g/mol. The topological polar surface area (TPSA) is 46.0 Å². The lowest BCUT2D eigenvalue weighted by Crippen LogP contribution is -3.06. The van der Waals surface area contributed by atoms with E-state index in [1.807, 2.05) is 0 Å². The van der Waals surface area contributed by atoms with E-state index in [4.69, 9.17) is 0 Å². The maximum atomic E-state index is 10.1. The minimum Gasteiger partial charge on any atom is -0.598 e. The molecule has 1 unspecified atom stereocenters. The van der Waals surface area contributed by atoms with Gasteiger partial charge in [0.05, 0.1) is 7.11 Å². The summed E-state index contributed by atoms with van der Waals surface area (Å²) in [6.45, 7) is 0.0382. The molecule has 0 bridgehead atoms. The quantitative estimate of drug-likeness (QED) is 0.354. The van der Waals surface area contributed by atoms with E-state index in [1.54, 1.807) is 0 Å². The van der Waals surface area contributed by atoms with E-state index in [0.29, 0.717) is 0 Å². The van der Waals surface area contributed by atoms with Crippen LogP contribution in [0.2, 0.25) is 0 Å². The molecule has 1 atom stereocenters. The van der Waals surface area contributed by atoms with Gasteiger partial charge in [0.2, 0.25) is 6.73 Å². The lowest BCUT2D eigenvalue weighted by molar-refractivity contribution is -1.06. The van der Waals surface area contributed by atoms with Crippen molar-refractivity contribution in [1.29, 1.82) is 0 Å². The van der Waals surface area contributed by atoms with E-state index in [9.17, 15) is 5.21 Å². The standard InChI is InChI=1S/C3H9NO3/c1-6-3-4(5)7-2/h4H,3H2,1-2H3. The Morgan fingerprint density at radius 1 is 1.57 bits per heavy atom. The van der Waals surface area contributed by atoms with Crippen LogP contribution < -0.4 is 5.23 Å². The zero-order valence-corrected chi connectivity index (χ0v) is 4.43. The van der Waals surface area contributed by atoms with Crippen LogP contribution in [-0.4, -0.2) is 21.0 Å². The Labute approximate surface area is 42.2 Å². The van der Waals surface area contributed by atoms with E-state index in [-0.39, 0.29) is 12.0 Å². The predicted molar refractivity (Wildman–Crippen MR) is 23.2 cm³/mol. The van der Waals surface area contributed by atoms with Crippen LogP contribution in [0.1, 0.15) is 0 Å². The number of hydroxylamine groups is 2. The third-order valence-electron chi connectivity index (χ3n) is 0.490. The Bertz CT molecular complexity index is 41.2. The summed E-state index contributed by atoms with van der Waals surface area (Å²) in [5.41, 5.74) is 0. The Balaban J connectivity index is 2.83. The van der Waals surface area contributed by atoms with Gasteiger partial charge in [0, 0.05) is 7.11 Å². The summed E-state index contributed by atoms with van der Waals surface area (Å²) >= 11 is 0. The van der Waals surface area contributed by atoms with Crippen LogP contribution in [-0.2, 0) is 9.57 Å². The summed E-state index contributed by atoms with van der Waals surface area (Å²) in [4.78, 5) is 4.23. The average molecular weight is 107 g/mol. The maximum absolute atomic E-state index is 10.1. The number of quaternary nitrogens is 1. The molecule has 4 nitrogen and oxygen atoms in total. The van der Waals surface area contributed by atoms with Crippen LogP contribution in [0.5, 0.6) is 0 Å². The lowest BCUT2D eigenvalue weighted by atomic mass is 11.3. The van der Waals surface area contributed by atoms with Crippen molar-refractivity contribution in [1.82, 2.24) is 0 Å². The predicted octanol–water partition coefficient (Wildman–Crippen LogP) is -1.47. The highest BCUT2D eigenvalue weighted by Gasteiger charge is 1.85. The molecule has 1 N–H and O–H groups in total. The molecule has 0 radical (unpaired) electrons. The van der Waals surface area contributed by atoms with Crippen molar-refractivity contribution in [2.75, 3.05) is 21.0 Å². The van der Waals surface area contributed by atoms with Gasteiger partial charge in [-0.2, -0.15) is 0 Å². The third-order valence-corrected chi connectivity index (χ3v) is 0.490. The van der Waals surface area contributed by atoms with Crippen LogP contribution in [0.25, 0.3) is 0 Å². The second kappa shape index (κ2) is 4.01. The van der Waals surface area contributed by atoms with E-state index < -0.39 is 0 Å². The van der Waals surface area contributed by atoms with Gasteiger partial charge >= 0.3 is 0 Å². The molecule has 7 heavy (non-hydrogen) atoms. The van der Waals surface area contributed by atoms with Crippen molar-refractivity contribution in [3.05, 3.63) is 5.21 Å². The molecule has 0 saturated carbocycles. The number of ether oxygens (including phenoxy) is 1. The van der Waals surface area contributed by atoms with E-state index in [2.05, 4.69) is 9.57 Å². The smallest absolute Gasteiger partial charge is 0.211 e. The highest BCUT2D eigenvalue weighted by molar-refractivity contribution is 3.91. The molecule has 0 aromatic carbocycles. The van der Waals surface area contributed by atoms with E-state index in [1.165, 1.54) is 14.2 Å². The van der Waals surface area contributed by atoms with Gasteiger partial charge in [0.15, 0.2) is 0 Å². The monoisotopic (exact) mass is 107 g/mol. The highest BCUT2D eigenvalue weighted by atomic mass is 16.9. The van der Waals surface area contributed by atoms with E-state index >= 15 is 0 Å². The summed E-state index contributed by atoms with van der Waals surface area (Å²) in [5.74, 6) is 0. The van der Waals surface area contributed by atoms with Crippen molar-refractivity contribution in [3.8, 4) is 0 Å². The van der Waals surface area contributed by atoms with Gasteiger partial charge in [-0.3, -0.25) is 0 Å². The second-order valence-electron chi connectivity index (χ2n) is 1.01. The summed E-state index contributed by atoms with van der Waals surface area (Å²) in [5, 5.41) is 9.72. The average Bonchev–Trinajstić information content (AvgIpc) is 1.68. The largest absolute Gasteiger partial charge is 0.598 e. The van der Waals surface area contributed by atoms with Crippen molar-refractivity contribution in [3.63, 3.8) is 0 Å². The first-order valence-electron chi connectivity index (χ1n) is 1.87. The van der Waals surface area contributed by atoms with Crippen molar-refractivity contribution >= 4 is 0 Å². The van der Waals surface area contributed by atoms with Crippen molar-refractivity contribution < 1.29 is 14.8 Å². The Kier molecular flexibility index (Phi) is 3.92. The number of hydrogen-bond donors (Lipinski definition) is 1. The molecule has 0 saturated heterocycles. The molecule has 0 aromatic heterocycles. The number of rotatable bonds is 3. The first kappa shape index (κ1) is 6.84. The lowest BCUT2D eigenvalue weighted by Gasteiger charge is -2.14. The van der Waals surface area contributed by atoms with Gasteiger partial charge < -0.3 is 9.94 Å². The molecule has 0 aromatic rings. The summed E-state index contributed by atoms with van der Waals surface area (Å²) in [6.07, 6.45) is 0. The van der Waals surface area contributed by atoms with Crippen LogP contribution in [0.4, 0.5) is 0 Å². The number of methoxy groups -OCH3 is 1. The van der Waals surface area contributed by atoms with Gasteiger partial charge in [-0.1, -0.05) is 0 Å². The second-order valence-corrected chi connectivity index (χ2v) is 1.01. The first-order chi connectivity index (χ1) is 3.31. The van der Waals surface area contributed by atoms with Gasteiger partial charge in [-0.05, 0) is 0 Å². The van der Waals surface area contributed by atoms with Crippen LogP contribution in [0, 0.1) is 5.21 Å². The SMILES string of the molecule is COC[NH+]([O-])OC. The van der Waals surface area contributed by atoms with Gasteiger partial charge in [0.1, 0.15) is 0 Å². The molecule has 0 fully saturated rings. The van der Waals surface area contributed by atoms with Crippen LogP contribution in [0.15, 0.2) is 0 Å². The molecule has 0 aliphatic heterocycles. The van der Waals surface area contributed by atoms with E-state index in [0.717, 1.165) is 0 Å². The van der Waals surface area contributed by atoms with Gasteiger partial charge in [-0.25, -0.2) is 10.1 Å². The fourth-order valence-electron chi connectivity index (χ4n) is 0.177. The molecule has 0 heterocycles. The summed E-state index contributed by atoms with van der Waals surface area (Å²) < 4.78 is 4.42. The summed E-state index contributed by atoms with van der Waals surface area (Å²) in [6, 6.07) is 0. The summed E-state index contributed by atoms with van der Waals surface area (Å²) in [7, 11) is 2.76. The molecule has 0 aliphatic rings. The highest BCUT2D eigenvalue weighted by Crippen LogP contribution is 1.47. The van der Waals surface area contributed by atoms with Crippen molar-refractivity contribution in [2.24, 2.45) is 0 Å². The first-order valence-corrected chi connectivity index (χ1v) is 1.87. The molecule has 0 spiro atoms. The zero-order valence-electron chi connectivity index (χ0n) is 4.43. The minimum atomic E-state index is -0.345. The minimum absolute atomic E-state index is 0.0382. The normalized spacial score (nSPS) is 14.1. The van der Waals surface area contributed by atoms with Crippen LogP contribution >= 0.6 is 0 Å². The fraction of sp³-hybridized carbons (Fsp3) is 1.00. The Hall–Kier alpha value is -0.160.